The van der Waals surface area contributed by atoms with Crippen LogP contribution in [0.15, 0.2) is 34.9 Å². The first-order chi connectivity index (χ1) is 9.38. The first-order valence-electron chi connectivity index (χ1n) is 6.58. The third-order valence-electron chi connectivity index (χ3n) is 2.87. The van der Waals surface area contributed by atoms with Gasteiger partial charge in [-0.15, -0.1) is 0 Å². The lowest BCUT2D eigenvalue weighted by atomic mass is 9.95. The second-order valence-electron chi connectivity index (χ2n) is 5.77. The molecule has 0 aliphatic rings. The molecule has 0 aliphatic carbocycles. The van der Waals surface area contributed by atoms with Crippen molar-refractivity contribution in [3.63, 3.8) is 0 Å². The quantitative estimate of drug-likeness (QED) is 0.933. The molecule has 5 nitrogen and oxygen atoms in total. The Hall–Kier alpha value is -2.17. The zero-order valence-corrected chi connectivity index (χ0v) is 12.2. The molecule has 1 amide bonds. The van der Waals surface area contributed by atoms with Gasteiger partial charge in [-0.25, -0.2) is 0 Å². The van der Waals surface area contributed by atoms with Crippen molar-refractivity contribution in [3.8, 4) is 11.4 Å². The number of aromatic nitrogens is 2. The molecule has 0 saturated carbocycles. The topological polar surface area (TPSA) is 68.0 Å². The first-order valence-corrected chi connectivity index (χ1v) is 6.58. The predicted octanol–water partition coefficient (Wildman–Crippen LogP) is 2.96. The van der Waals surface area contributed by atoms with Crippen LogP contribution < -0.4 is 5.32 Å². The van der Waals surface area contributed by atoms with Gasteiger partial charge in [0.2, 0.25) is 17.6 Å². The highest BCUT2D eigenvalue weighted by atomic mass is 16.5. The molecule has 0 fully saturated rings. The van der Waals surface area contributed by atoms with Gasteiger partial charge in [-0.3, -0.25) is 4.79 Å². The Kier molecular flexibility index (Phi) is 3.88. The highest BCUT2D eigenvalue weighted by Gasteiger charge is 2.25. The summed E-state index contributed by atoms with van der Waals surface area (Å²) in [6, 6.07) is 9.26. The van der Waals surface area contributed by atoms with E-state index in [1.807, 2.05) is 58.0 Å². The number of benzene rings is 1. The van der Waals surface area contributed by atoms with Gasteiger partial charge in [0.05, 0.1) is 0 Å². The van der Waals surface area contributed by atoms with E-state index in [-0.39, 0.29) is 11.9 Å². The summed E-state index contributed by atoms with van der Waals surface area (Å²) in [5.41, 5.74) is 0.438. The van der Waals surface area contributed by atoms with Crippen LogP contribution in [0.5, 0.6) is 0 Å². The molecule has 2 aromatic rings. The molecule has 106 valence electrons. The number of amides is 1. The van der Waals surface area contributed by atoms with Crippen molar-refractivity contribution in [2.45, 2.75) is 33.7 Å². The van der Waals surface area contributed by atoms with Gasteiger partial charge in [0.1, 0.15) is 6.04 Å². The molecule has 0 unspecified atom stereocenters. The van der Waals surface area contributed by atoms with Crippen LogP contribution in [0.4, 0.5) is 0 Å². The molecule has 0 bridgehead atoms. The summed E-state index contributed by atoms with van der Waals surface area (Å²) >= 11 is 0. The summed E-state index contributed by atoms with van der Waals surface area (Å²) in [5, 5.41) is 6.81. The molecule has 1 aromatic heterocycles. The van der Waals surface area contributed by atoms with Crippen LogP contribution in [0, 0.1) is 5.41 Å². The minimum Gasteiger partial charge on any atom is -0.344 e. The summed E-state index contributed by atoms with van der Waals surface area (Å²) in [5.74, 6) is 0.878. The maximum Gasteiger partial charge on any atom is 0.249 e. The van der Waals surface area contributed by atoms with Crippen LogP contribution in [0.3, 0.4) is 0 Å². The van der Waals surface area contributed by atoms with Gasteiger partial charge in [0.15, 0.2) is 0 Å². The van der Waals surface area contributed by atoms with E-state index in [0.29, 0.717) is 11.7 Å². The van der Waals surface area contributed by atoms with Crippen LogP contribution in [0.2, 0.25) is 0 Å². The second kappa shape index (κ2) is 5.45. The third kappa shape index (κ3) is 3.23. The fourth-order valence-electron chi connectivity index (χ4n) is 1.59. The molecular weight excluding hydrogens is 254 g/mol. The van der Waals surface area contributed by atoms with Crippen LogP contribution in [-0.2, 0) is 4.79 Å². The number of carbonyl (C=O) groups excluding carboxylic acids is 1. The van der Waals surface area contributed by atoms with Crippen LogP contribution in [0.1, 0.15) is 39.6 Å². The van der Waals surface area contributed by atoms with Crippen molar-refractivity contribution in [3.05, 3.63) is 36.2 Å². The number of hydrogen-bond acceptors (Lipinski definition) is 4. The average Bonchev–Trinajstić information content (AvgIpc) is 2.88. The van der Waals surface area contributed by atoms with E-state index in [1.54, 1.807) is 0 Å². The molecule has 1 aromatic carbocycles. The lowest BCUT2D eigenvalue weighted by molar-refractivity contribution is -0.129. The zero-order chi connectivity index (χ0) is 14.8. The SMILES string of the molecule is C[C@@H](NC(=O)C(C)(C)C)c1nc(-c2ccccc2)no1. The Balaban J connectivity index is 2.11. The summed E-state index contributed by atoms with van der Waals surface area (Å²) < 4.78 is 5.22. The Labute approximate surface area is 118 Å². The lowest BCUT2D eigenvalue weighted by Crippen LogP contribution is -2.36. The Morgan fingerprint density at radius 2 is 1.90 bits per heavy atom. The van der Waals surface area contributed by atoms with Gasteiger partial charge in [0.25, 0.3) is 0 Å². The van der Waals surface area contributed by atoms with E-state index in [9.17, 15) is 4.79 Å². The molecule has 0 aliphatic heterocycles. The second-order valence-corrected chi connectivity index (χ2v) is 5.77. The van der Waals surface area contributed by atoms with Crippen LogP contribution in [-0.4, -0.2) is 16.0 Å². The van der Waals surface area contributed by atoms with Crippen LogP contribution >= 0.6 is 0 Å². The van der Waals surface area contributed by atoms with Gasteiger partial charge in [0, 0.05) is 11.0 Å². The monoisotopic (exact) mass is 273 g/mol. The summed E-state index contributed by atoms with van der Waals surface area (Å²) in [4.78, 5) is 16.2. The minimum atomic E-state index is -0.448. The fraction of sp³-hybridized carbons (Fsp3) is 0.400. The molecule has 0 saturated heterocycles. The predicted molar refractivity (Wildman–Crippen MR) is 75.7 cm³/mol. The average molecular weight is 273 g/mol. The molecule has 0 spiro atoms. The Bertz CT molecular complexity index is 585. The van der Waals surface area contributed by atoms with E-state index in [0.717, 1.165) is 5.56 Å². The van der Waals surface area contributed by atoms with Crippen molar-refractivity contribution in [1.82, 2.24) is 15.5 Å². The molecule has 1 N–H and O–H groups in total. The van der Waals surface area contributed by atoms with E-state index in [1.165, 1.54) is 0 Å². The standard InChI is InChI=1S/C15H19N3O2/c1-10(16-14(19)15(2,3)4)13-17-12(18-20-13)11-8-6-5-7-9-11/h5-10H,1-4H3,(H,16,19)/t10-/m1/s1. The Morgan fingerprint density at radius 3 is 2.50 bits per heavy atom. The molecule has 20 heavy (non-hydrogen) atoms. The number of rotatable bonds is 3. The van der Waals surface area contributed by atoms with Crippen molar-refractivity contribution in [2.24, 2.45) is 5.41 Å². The normalized spacial score (nSPS) is 13.0. The largest absolute Gasteiger partial charge is 0.344 e. The van der Waals surface area contributed by atoms with Crippen molar-refractivity contribution < 1.29 is 9.32 Å². The summed E-state index contributed by atoms with van der Waals surface area (Å²) in [7, 11) is 0. The number of hydrogen-bond donors (Lipinski definition) is 1. The maximum atomic E-state index is 11.9. The maximum absolute atomic E-state index is 11.9. The van der Waals surface area contributed by atoms with E-state index >= 15 is 0 Å². The minimum absolute atomic E-state index is 0.0514. The van der Waals surface area contributed by atoms with Crippen molar-refractivity contribution >= 4 is 5.91 Å². The summed E-state index contributed by atoms with van der Waals surface area (Å²) in [6.45, 7) is 7.40. The third-order valence-corrected chi connectivity index (χ3v) is 2.87. The molecule has 1 atom stereocenters. The Morgan fingerprint density at radius 1 is 1.25 bits per heavy atom. The number of carbonyl (C=O) groups is 1. The highest BCUT2D eigenvalue weighted by Crippen LogP contribution is 2.20. The van der Waals surface area contributed by atoms with Crippen molar-refractivity contribution in [1.29, 1.82) is 0 Å². The van der Waals surface area contributed by atoms with Gasteiger partial charge >= 0.3 is 0 Å². The molecular formula is C15H19N3O2. The van der Waals surface area contributed by atoms with E-state index in [2.05, 4.69) is 15.5 Å². The number of nitrogens with one attached hydrogen (secondary N) is 1. The summed E-state index contributed by atoms with van der Waals surface area (Å²) in [6.07, 6.45) is 0. The smallest absolute Gasteiger partial charge is 0.249 e. The highest BCUT2D eigenvalue weighted by molar-refractivity contribution is 5.81. The molecule has 0 radical (unpaired) electrons. The van der Waals surface area contributed by atoms with Gasteiger partial charge in [-0.1, -0.05) is 56.3 Å². The molecule has 5 heteroatoms. The van der Waals surface area contributed by atoms with E-state index < -0.39 is 5.41 Å². The van der Waals surface area contributed by atoms with Gasteiger partial charge < -0.3 is 9.84 Å². The van der Waals surface area contributed by atoms with Crippen LogP contribution in [0.25, 0.3) is 11.4 Å². The lowest BCUT2D eigenvalue weighted by Gasteiger charge is -2.19. The van der Waals surface area contributed by atoms with Crippen molar-refractivity contribution in [2.75, 3.05) is 0 Å². The molecule has 1 heterocycles. The van der Waals surface area contributed by atoms with E-state index in [4.69, 9.17) is 4.52 Å². The fourth-order valence-corrected chi connectivity index (χ4v) is 1.59. The van der Waals surface area contributed by atoms with Gasteiger partial charge in [-0.05, 0) is 6.92 Å². The number of nitrogens with zero attached hydrogens (tertiary/aromatic N) is 2. The zero-order valence-electron chi connectivity index (χ0n) is 12.2. The first kappa shape index (κ1) is 14.2. The van der Waals surface area contributed by atoms with Gasteiger partial charge in [-0.2, -0.15) is 4.98 Å². The molecule has 2 rings (SSSR count).